The van der Waals surface area contributed by atoms with Crippen molar-refractivity contribution in [3.63, 3.8) is 0 Å². The van der Waals surface area contributed by atoms with E-state index in [0.717, 1.165) is 36.8 Å². The molecular formula is C29H48O13S3. The molecule has 0 heterocycles. The molecule has 45 heavy (non-hydrogen) atoms. The summed E-state index contributed by atoms with van der Waals surface area (Å²) in [5.74, 6) is -0.461. The smallest absolute Gasteiger partial charge is 0.390 e. The Hall–Kier alpha value is -0.950. The summed E-state index contributed by atoms with van der Waals surface area (Å²) in [5.41, 5.74) is 0.0707. The maximum atomic E-state index is 12.1. The van der Waals surface area contributed by atoms with E-state index in [-0.39, 0.29) is 24.2 Å². The fourth-order valence-electron chi connectivity index (χ4n) is 9.69. The second kappa shape index (κ2) is 12.2. The third kappa shape index (κ3) is 7.10. The minimum Gasteiger partial charge on any atom is -0.390 e. The van der Waals surface area contributed by atoms with Gasteiger partial charge in [0.05, 0.1) is 12.2 Å². The average molecular weight is 701 g/mol. The molecule has 16 heteroatoms. The summed E-state index contributed by atoms with van der Waals surface area (Å²) < 4.78 is 115. The first-order valence-corrected chi connectivity index (χ1v) is 19.4. The molecule has 4 rings (SSSR count). The molecule has 4 N–H and O–H groups in total. The average Bonchev–Trinajstić information content (AvgIpc) is 3.13. The van der Waals surface area contributed by atoms with Crippen molar-refractivity contribution < 1.29 is 56.6 Å². The lowest BCUT2D eigenvalue weighted by Crippen LogP contribution is -2.65. The van der Waals surface area contributed by atoms with Gasteiger partial charge in [0.25, 0.3) is 0 Å². The molecule has 0 aromatic heterocycles. The molecule has 0 unspecified atom stereocenters. The van der Waals surface area contributed by atoms with Crippen molar-refractivity contribution in [3.05, 3.63) is 23.8 Å². The van der Waals surface area contributed by atoms with Crippen LogP contribution >= 0.6 is 0 Å². The van der Waals surface area contributed by atoms with Gasteiger partial charge < -0.3 is 5.11 Å². The van der Waals surface area contributed by atoms with E-state index in [1.54, 1.807) is 6.92 Å². The number of aliphatic hydroxyl groups is 1. The van der Waals surface area contributed by atoms with Gasteiger partial charge in [-0.2, -0.15) is 25.3 Å². The molecule has 3 fully saturated rings. The maximum absolute atomic E-state index is 12.1. The Balaban J connectivity index is 1.80. The van der Waals surface area contributed by atoms with Crippen molar-refractivity contribution in [1.29, 1.82) is 0 Å². The quantitative estimate of drug-likeness (QED) is 0.175. The van der Waals surface area contributed by atoms with Crippen LogP contribution in [0, 0.1) is 45.8 Å². The van der Waals surface area contributed by atoms with E-state index in [2.05, 4.69) is 44.5 Å². The fraction of sp³-hybridized carbons (Fsp3) is 0.862. The Bertz CT molecular complexity index is 1520. The van der Waals surface area contributed by atoms with Crippen molar-refractivity contribution in [1.82, 2.24) is 0 Å². The number of hydrogen-bond donors (Lipinski definition) is 4. The molecule has 13 nitrogen and oxygen atoms in total. The third-order valence-corrected chi connectivity index (χ3v) is 13.7. The van der Waals surface area contributed by atoms with Crippen LogP contribution in [0.5, 0.6) is 0 Å². The Morgan fingerprint density at radius 2 is 1.49 bits per heavy atom. The lowest BCUT2D eigenvalue weighted by Gasteiger charge is -2.63. The summed E-state index contributed by atoms with van der Waals surface area (Å²) >= 11 is 0. The minimum atomic E-state index is -5.28. The van der Waals surface area contributed by atoms with E-state index in [9.17, 15) is 44.0 Å². The number of allylic oxidation sites excluding steroid dienone is 3. The number of fused-ring (bicyclic) bond motifs is 5. The predicted octanol–water partition coefficient (Wildman–Crippen LogP) is 4.34. The molecule has 0 amide bonds. The first-order chi connectivity index (χ1) is 20.3. The van der Waals surface area contributed by atoms with Crippen LogP contribution in [0.25, 0.3) is 0 Å². The molecular weight excluding hydrogens is 653 g/mol. The summed E-state index contributed by atoms with van der Waals surface area (Å²) in [4.78, 5) is 0. The Labute approximate surface area is 267 Å². The van der Waals surface area contributed by atoms with Gasteiger partial charge in [-0.3, -0.25) is 13.7 Å². The third-order valence-electron chi connectivity index (χ3n) is 12.3. The van der Waals surface area contributed by atoms with Gasteiger partial charge in [-0.15, -0.1) is 0 Å². The monoisotopic (exact) mass is 700 g/mol. The van der Waals surface area contributed by atoms with Gasteiger partial charge in [-0.25, -0.2) is 12.5 Å². The van der Waals surface area contributed by atoms with Crippen molar-refractivity contribution in [2.75, 3.05) is 0 Å². The summed E-state index contributed by atoms with van der Waals surface area (Å²) in [6.45, 7) is 16.6. The summed E-state index contributed by atoms with van der Waals surface area (Å²) in [6.07, 6.45) is -1.06. The highest BCUT2D eigenvalue weighted by atomic mass is 32.3. The van der Waals surface area contributed by atoms with E-state index in [1.807, 2.05) is 6.92 Å². The number of hydrogen-bond acceptors (Lipinski definition) is 10. The zero-order valence-corrected chi connectivity index (χ0v) is 29.1. The molecule has 260 valence electrons. The van der Waals surface area contributed by atoms with Crippen LogP contribution in [0.3, 0.4) is 0 Å². The van der Waals surface area contributed by atoms with Gasteiger partial charge in [-0.1, -0.05) is 58.4 Å². The van der Waals surface area contributed by atoms with E-state index < -0.39 is 72.4 Å². The highest BCUT2D eigenvalue weighted by Crippen LogP contribution is 2.72. The minimum absolute atomic E-state index is 0.0469. The van der Waals surface area contributed by atoms with Crippen LogP contribution in [-0.4, -0.2) is 68.4 Å². The van der Waals surface area contributed by atoms with Gasteiger partial charge in [-0.05, 0) is 91.8 Å². The molecule has 0 aromatic rings. The molecule has 0 spiro atoms. The van der Waals surface area contributed by atoms with Gasteiger partial charge >= 0.3 is 31.2 Å². The Morgan fingerprint density at radius 1 is 0.933 bits per heavy atom. The van der Waals surface area contributed by atoms with E-state index in [1.165, 1.54) is 0 Å². The molecule has 0 aliphatic heterocycles. The standard InChI is InChI=1S/C29H48O13S3/c1-16(2)17(3)8-9-18(4)19-10-12-29(7)21-14-22(40-43(31,32)33)24-25(30)26(42-45(37,38)39)23(41-44(34,35)36)15-27(24,5)20(21)11-13-28(19,29)6/h11,17-19,21-26,30H,1,8-10,12-15H2,2-7H3,(H,31,32,33)(H,34,35,36)(H,37,38,39)/t17-,18-,19-,21-,22+,23+,24+,25-,26-,27-,28-,29+/m1/s1. The van der Waals surface area contributed by atoms with E-state index >= 15 is 0 Å². The highest BCUT2D eigenvalue weighted by molar-refractivity contribution is 7.81. The van der Waals surface area contributed by atoms with Crippen molar-refractivity contribution in [2.45, 2.75) is 111 Å². The SMILES string of the molecule is C=C(C)[C@H](C)CC[C@@H](C)[C@H]1CC[C@@]2(C)[C@@H]3C[C@H](OS(=O)(=O)O)[C@H]4[C@@H](O)[C@H](OS(=O)(=O)O)[C@@H](OS(=O)(=O)O)C[C@]4(C)C3=CC[C@]12C. The van der Waals surface area contributed by atoms with Crippen molar-refractivity contribution in [3.8, 4) is 0 Å². The van der Waals surface area contributed by atoms with Crippen LogP contribution in [0.1, 0.15) is 86.5 Å². The largest absolute Gasteiger partial charge is 0.397 e. The Morgan fingerprint density at radius 3 is 2.02 bits per heavy atom. The molecule has 0 aromatic carbocycles. The van der Waals surface area contributed by atoms with E-state index in [0.29, 0.717) is 24.2 Å². The van der Waals surface area contributed by atoms with Gasteiger partial charge in [0.1, 0.15) is 12.2 Å². The zero-order valence-electron chi connectivity index (χ0n) is 26.6. The maximum Gasteiger partial charge on any atom is 0.397 e. The highest BCUT2D eigenvalue weighted by Gasteiger charge is 2.68. The molecule has 3 saturated carbocycles. The summed E-state index contributed by atoms with van der Waals surface area (Å²) in [7, 11) is -15.6. The predicted molar refractivity (Wildman–Crippen MR) is 164 cm³/mol. The molecule has 4 aliphatic carbocycles. The summed E-state index contributed by atoms with van der Waals surface area (Å²) in [6, 6.07) is 0. The van der Waals surface area contributed by atoms with Crippen molar-refractivity contribution in [2.24, 2.45) is 45.8 Å². The first-order valence-electron chi connectivity index (χ1n) is 15.3. The first kappa shape index (κ1) is 36.9. The molecule has 4 aliphatic rings. The lowest BCUT2D eigenvalue weighted by molar-refractivity contribution is -0.179. The van der Waals surface area contributed by atoms with Gasteiger partial charge in [0.15, 0.2) is 0 Å². The zero-order chi connectivity index (χ0) is 34.1. The molecule has 12 atom stereocenters. The van der Waals surface area contributed by atoms with E-state index in [4.69, 9.17) is 8.37 Å². The molecule has 0 bridgehead atoms. The fourth-order valence-corrected chi connectivity index (χ4v) is 11.2. The van der Waals surface area contributed by atoms with Crippen LogP contribution in [0.4, 0.5) is 0 Å². The van der Waals surface area contributed by atoms with Crippen LogP contribution < -0.4 is 0 Å². The normalized spacial score (nSPS) is 41.7. The second-order valence-corrected chi connectivity index (χ2v) is 17.8. The van der Waals surface area contributed by atoms with Gasteiger partial charge in [0, 0.05) is 5.92 Å². The lowest BCUT2D eigenvalue weighted by atomic mass is 9.43. The van der Waals surface area contributed by atoms with Crippen molar-refractivity contribution >= 4 is 31.2 Å². The second-order valence-electron chi connectivity index (χ2n) is 14.7. The molecule has 0 radical (unpaired) electrons. The summed E-state index contributed by atoms with van der Waals surface area (Å²) in [5, 5.41) is 11.5. The van der Waals surface area contributed by atoms with Crippen LogP contribution in [0.2, 0.25) is 0 Å². The van der Waals surface area contributed by atoms with Crippen LogP contribution in [-0.2, 0) is 43.7 Å². The number of rotatable bonds is 11. The number of aliphatic hydroxyl groups excluding tert-OH is 1. The van der Waals surface area contributed by atoms with Gasteiger partial charge in [0.2, 0.25) is 0 Å². The molecule has 0 saturated heterocycles. The van der Waals surface area contributed by atoms with Crippen LogP contribution in [0.15, 0.2) is 23.8 Å². The Kier molecular flexibility index (Phi) is 9.98. The topological polar surface area (TPSA) is 211 Å².